The number of hydrogen-bond acceptors (Lipinski definition) is 4. The van der Waals surface area contributed by atoms with Gasteiger partial charge in [0.15, 0.2) is 13.1 Å². The zero-order chi connectivity index (χ0) is 20.1. The smallest absolute Gasteiger partial charge is 0.364 e. The van der Waals surface area contributed by atoms with Crippen LogP contribution in [0.5, 0.6) is 0 Å². The molecule has 0 heterocycles. The van der Waals surface area contributed by atoms with Crippen molar-refractivity contribution in [1.82, 2.24) is 10.9 Å². The van der Waals surface area contributed by atoms with Gasteiger partial charge in [-0.15, -0.1) is 0 Å². The molecule has 0 rings (SSSR count). The highest BCUT2D eigenvalue weighted by molar-refractivity contribution is 5.77. The van der Waals surface area contributed by atoms with Gasteiger partial charge < -0.3 is 4.74 Å². The Labute approximate surface area is 151 Å². The molecule has 146 valence electrons. The van der Waals surface area contributed by atoms with E-state index in [9.17, 15) is 14.4 Å². The highest BCUT2D eigenvalue weighted by Crippen LogP contribution is 2.11. The third-order valence-electron chi connectivity index (χ3n) is 3.06. The van der Waals surface area contributed by atoms with E-state index < -0.39 is 5.60 Å². The third kappa shape index (κ3) is 11.5. The van der Waals surface area contributed by atoms with E-state index in [0.29, 0.717) is 6.54 Å². The van der Waals surface area contributed by atoms with E-state index >= 15 is 0 Å². The summed E-state index contributed by atoms with van der Waals surface area (Å²) in [6.07, 6.45) is 0. The van der Waals surface area contributed by atoms with Crippen molar-refractivity contribution in [3.05, 3.63) is 0 Å². The molecule has 0 aliphatic heterocycles. The van der Waals surface area contributed by atoms with Crippen LogP contribution in [-0.4, -0.2) is 73.3 Å². The van der Waals surface area contributed by atoms with Crippen molar-refractivity contribution in [1.29, 1.82) is 0 Å². The molecule has 0 radical (unpaired) electrons. The van der Waals surface area contributed by atoms with Gasteiger partial charge >= 0.3 is 11.9 Å². The Hall–Kier alpha value is -1.67. The van der Waals surface area contributed by atoms with E-state index in [1.165, 1.54) is 6.92 Å². The molecule has 0 saturated carbocycles. The number of carbonyl (C=O) groups excluding carboxylic acids is 3. The lowest BCUT2D eigenvalue weighted by atomic mass is 10.2. The average Bonchev–Trinajstić information content (AvgIpc) is 2.18. The number of carbonyl (C=O) groups is 3. The van der Waals surface area contributed by atoms with Gasteiger partial charge in [-0.1, -0.05) is 13.8 Å². The van der Waals surface area contributed by atoms with Crippen LogP contribution in [0, 0.1) is 5.92 Å². The largest absolute Gasteiger partial charge is 0.456 e. The molecule has 2 amide bonds. The number of hydrogen-bond donors (Lipinski definition) is 2. The summed E-state index contributed by atoms with van der Waals surface area (Å²) in [5, 5.41) is 0. The molecule has 0 aliphatic carbocycles. The van der Waals surface area contributed by atoms with E-state index in [4.69, 9.17) is 4.74 Å². The van der Waals surface area contributed by atoms with Gasteiger partial charge in [0.1, 0.15) is 12.1 Å². The maximum absolute atomic E-state index is 12.5. The van der Waals surface area contributed by atoms with Crippen LogP contribution in [0.4, 0.5) is 0 Å². The Morgan fingerprint density at radius 1 is 1.00 bits per heavy atom. The highest BCUT2D eigenvalue weighted by atomic mass is 16.6. The second kappa shape index (κ2) is 8.62. The lowest BCUT2D eigenvalue weighted by Crippen LogP contribution is -2.65. The van der Waals surface area contributed by atoms with Crippen LogP contribution in [0.1, 0.15) is 41.5 Å². The molecule has 1 atom stereocenters. The molecule has 0 aromatic carbocycles. The van der Waals surface area contributed by atoms with Gasteiger partial charge in [-0.05, 0) is 20.8 Å². The molecule has 0 saturated heterocycles. The first kappa shape index (κ1) is 23.3. The lowest BCUT2D eigenvalue weighted by Gasteiger charge is -2.36. The number of quaternary nitrogens is 2. The minimum absolute atomic E-state index is 0.0231. The van der Waals surface area contributed by atoms with Crippen molar-refractivity contribution in [2.24, 2.45) is 5.92 Å². The Bertz CT molecular complexity index is 497. The molecular weight excluding hydrogens is 324 g/mol. The fourth-order valence-electron chi connectivity index (χ4n) is 2.78. The predicted molar refractivity (Wildman–Crippen MR) is 95.5 cm³/mol. The Balaban J connectivity index is 5.04. The van der Waals surface area contributed by atoms with Crippen LogP contribution < -0.4 is 10.9 Å². The molecule has 0 aromatic heterocycles. The summed E-state index contributed by atoms with van der Waals surface area (Å²) in [4.78, 5) is 35.9. The number of ether oxygens (including phenoxy) is 1. The standard InChI is InChI=1S/C17H34N4O4/c1-13(2)10-21(9,12-16(24)25-17(4,5)6)19-15(23)11-20(7,8)18-14(3)22/h13H,10-12H2,1-9H3/p+2. The summed E-state index contributed by atoms with van der Waals surface area (Å²) in [6, 6.07) is 0. The minimum atomic E-state index is -0.575. The summed E-state index contributed by atoms with van der Waals surface area (Å²) < 4.78 is 5.45. The van der Waals surface area contributed by atoms with Crippen molar-refractivity contribution in [2.45, 2.75) is 47.1 Å². The van der Waals surface area contributed by atoms with Gasteiger partial charge in [0.2, 0.25) is 0 Å². The van der Waals surface area contributed by atoms with Crippen molar-refractivity contribution in [3.63, 3.8) is 0 Å². The van der Waals surface area contributed by atoms with E-state index in [2.05, 4.69) is 10.9 Å². The first-order valence-electron chi connectivity index (χ1n) is 8.53. The summed E-state index contributed by atoms with van der Waals surface area (Å²) >= 11 is 0. The molecular formula is C17H36N4O4+2. The van der Waals surface area contributed by atoms with Crippen molar-refractivity contribution < 1.29 is 28.3 Å². The topological polar surface area (TPSA) is 84.5 Å². The maximum atomic E-state index is 12.5. The van der Waals surface area contributed by atoms with Gasteiger partial charge in [0.25, 0.3) is 5.91 Å². The lowest BCUT2D eigenvalue weighted by molar-refractivity contribution is -0.945. The zero-order valence-electron chi connectivity index (χ0n) is 17.2. The average molecular weight is 360 g/mol. The quantitative estimate of drug-likeness (QED) is 0.377. The van der Waals surface area contributed by atoms with Crippen LogP contribution in [-0.2, 0) is 19.1 Å². The monoisotopic (exact) mass is 360 g/mol. The third-order valence-corrected chi connectivity index (χ3v) is 3.06. The van der Waals surface area contributed by atoms with Crippen LogP contribution >= 0.6 is 0 Å². The number of amides is 2. The van der Waals surface area contributed by atoms with Crippen LogP contribution in [0.3, 0.4) is 0 Å². The molecule has 0 aliphatic rings. The van der Waals surface area contributed by atoms with Crippen molar-refractivity contribution >= 4 is 17.8 Å². The zero-order valence-corrected chi connectivity index (χ0v) is 17.2. The fraction of sp³-hybridized carbons (Fsp3) is 0.824. The van der Waals surface area contributed by atoms with E-state index in [0.717, 1.165) is 0 Å². The van der Waals surface area contributed by atoms with E-state index in [1.54, 1.807) is 21.1 Å². The second-order valence-electron chi connectivity index (χ2n) is 8.76. The molecule has 2 N–H and O–H groups in total. The SMILES string of the molecule is CC(=O)N[N+](C)(C)CC(=O)N[N+](C)(CC(=O)OC(C)(C)C)CC(C)C. The Morgan fingerprint density at radius 3 is 1.92 bits per heavy atom. The van der Waals surface area contributed by atoms with Crippen LogP contribution in [0.25, 0.3) is 0 Å². The van der Waals surface area contributed by atoms with Crippen molar-refractivity contribution in [2.75, 3.05) is 40.8 Å². The van der Waals surface area contributed by atoms with E-state index in [-0.39, 0.29) is 46.0 Å². The number of nitrogens with zero attached hydrogens (tertiary/aromatic N) is 2. The first-order valence-corrected chi connectivity index (χ1v) is 8.53. The van der Waals surface area contributed by atoms with Gasteiger partial charge in [-0.3, -0.25) is 9.59 Å². The number of esters is 1. The molecule has 8 heteroatoms. The molecule has 1 unspecified atom stereocenters. The van der Waals surface area contributed by atoms with Gasteiger partial charge in [0, 0.05) is 12.8 Å². The van der Waals surface area contributed by atoms with Crippen molar-refractivity contribution in [3.8, 4) is 0 Å². The van der Waals surface area contributed by atoms with Crippen LogP contribution in [0.15, 0.2) is 0 Å². The highest BCUT2D eigenvalue weighted by Gasteiger charge is 2.34. The molecule has 8 nitrogen and oxygen atoms in total. The summed E-state index contributed by atoms with van der Waals surface area (Å²) in [5.74, 6) is -0.575. The summed E-state index contributed by atoms with van der Waals surface area (Å²) in [5.41, 5.74) is 5.01. The number of nitrogens with one attached hydrogen (secondary N) is 2. The Morgan fingerprint density at radius 2 is 1.52 bits per heavy atom. The maximum Gasteiger partial charge on any atom is 0.364 e. The first-order chi connectivity index (χ1) is 11.0. The molecule has 25 heavy (non-hydrogen) atoms. The van der Waals surface area contributed by atoms with Gasteiger partial charge in [0.05, 0.1) is 21.1 Å². The summed E-state index contributed by atoms with van der Waals surface area (Å²) in [6.45, 7) is 11.5. The summed E-state index contributed by atoms with van der Waals surface area (Å²) in [7, 11) is 5.24. The second-order valence-corrected chi connectivity index (χ2v) is 8.76. The molecule has 0 bridgehead atoms. The predicted octanol–water partition coefficient (Wildman–Crippen LogP) is 0.589. The molecule has 0 fully saturated rings. The van der Waals surface area contributed by atoms with E-state index in [1.807, 2.05) is 34.6 Å². The van der Waals surface area contributed by atoms with Gasteiger partial charge in [-0.2, -0.15) is 5.43 Å². The molecule has 0 aromatic rings. The number of rotatable bonds is 8. The van der Waals surface area contributed by atoms with Gasteiger partial charge in [-0.25, -0.2) is 19.4 Å². The number of likely N-dealkylation sites (N-methyl/N-ethyl adjacent to an activating group) is 2. The Kier molecular flexibility index (Phi) is 8.04. The fourth-order valence-corrected chi connectivity index (χ4v) is 2.78. The minimum Gasteiger partial charge on any atom is -0.456 e. The normalized spacial score (nSPS) is 14.6. The van der Waals surface area contributed by atoms with Crippen LogP contribution in [0.2, 0.25) is 0 Å². The molecule has 0 spiro atoms.